The second kappa shape index (κ2) is 11.3. The van der Waals surface area contributed by atoms with Crippen molar-refractivity contribution in [3.8, 4) is 0 Å². The van der Waals surface area contributed by atoms with Crippen LogP contribution in [0, 0.1) is 0 Å². The van der Waals surface area contributed by atoms with Crippen LogP contribution in [-0.4, -0.2) is 96.0 Å². The van der Waals surface area contributed by atoms with Crippen LogP contribution in [0.2, 0.25) is 0 Å². The van der Waals surface area contributed by atoms with E-state index in [1.807, 2.05) is 0 Å². The molecule has 24 heteroatoms. The van der Waals surface area contributed by atoms with Crippen molar-refractivity contribution in [3.63, 3.8) is 0 Å². The molecule has 0 amide bonds. The zero-order valence-corrected chi connectivity index (χ0v) is 25.0. The molecule has 6 unspecified atom stereocenters. The lowest BCUT2D eigenvalue weighted by Gasteiger charge is -2.60. The minimum atomic E-state index is -9.16. The van der Waals surface area contributed by atoms with Crippen LogP contribution in [0.1, 0.15) is 41.5 Å². The van der Waals surface area contributed by atoms with E-state index >= 15 is 52.7 Å². The molecule has 0 aromatic rings. The summed E-state index contributed by atoms with van der Waals surface area (Å²) >= 11 is 0. The van der Waals surface area contributed by atoms with Crippen molar-refractivity contribution >= 4 is 25.7 Å². The molecule has 1 rings (SSSR count). The van der Waals surface area contributed by atoms with Gasteiger partial charge in [-0.2, -0.15) is 0 Å². The standard InChI is InChI=1S/C18H24F18O3Si3/c1-7(19)13(25,26)40(14(27,28)8(2)20)37-41(15(29,30)9(3)21,16(31,32)10(4)22)39-42(38-40,17(33,34)11(5)23)18(35,36)12(6)24/h7-12H,1-6H3. The fraction of sp³-hybridized carbons (Fsp3) is 1.00. The molecular formula is C18H24F18O3Si3. The van der Waals surface area contributed by atoms with Gasteiger partial charge in [-0.3, -0.25) is 0 Å². The maximum Gasteiger partial charge on any atom is 0.477 e. The molecule has 42 heavy (non-hydrogen) atoms. The van der Waals surface area contributed by atoms with E-state index in [9.17, 15) is 26.3 Å². The van der Waals surface area contributed by atoms with Crippen LogP contribution in [0.4, 0.5) is 79.0 Å². The highest BCUT2D eigenvalue weighted by Crippen LogP contribution is 2.62. The molecule has 252 valence electrons. The largest absolute Gasteiger partial charge is 0.477 e. The third-order valence-electron chi connectivity index (χ3n) is 6.49. The summed E-state index contributed by atoms with van der Waals surface area (Å²) in [5.74, 6) is 0. The Kier molecular flexibility index (Phi) is 10.5. The van der Waals surface area contributed by atoms with Crippen LogP contribution in [-0.2, 0) is 12.3 Å². The molecular weight excluding hydrogens is 690 g/mol. The summed E-state index contributed by atoms with van der Waals surface area (Å²) in [6.07, 6.45) is -26.6. The van der Waals surface area contributed by atoms with Gasteiger partial charge in [-0.25, -0.2) is 79.0 Å². The molecule has 1 aliphatic rings. The highest BCUT2D eigenvalue weighted by molar-refractivity contribution is 6.99. The highest BCUT2D eigenvalue weighted by Gasteiger charge is 2.98. The number of rotatable bonds is 12. The van der Waals surface area contributed by atoms with E-state index in [1.165, 1.54) is 0 Å². The molecule has 1 aliphatic heterocycles. The van der Waals surface area contributed by atoms with Gasteiger partial charge in [0.2, 0.25) is 0 Å². The molecule has 1 heterocycles. The van der Waals surface area contributed by atoms with Crippen molar-refractivity contribution in [3.05, 3.63) is 0 Å². The normalized spacial score (nSPS) is 31.7. The highest BCUT2D eigenvalue weighted by atomic mass is 28.5. The molecule has 1 fully saturated rings. The predicted molar refractivity (Wildman–Crippen MR) is 114 cm³/mol. The number of hydrogen-bond donors (Lipinski definition) is 0. The second-order valence-electron chi connectivity index (χ2n) is 9.59. The van der Waals surface area contributed by atoms with Gasteiger partial charge < -0.3 is 12.3 Å². The van der Waals surface area contributed by atoms with Crippen molar-refractivity contribution in [2.75, 3.05) is 0 Å². The first-order valence-corrected chi connectivity index (χ1v) is 16.9. The van der Waals surface area contributed by atoms with E-state index in [-0.39, 0.29) is 0 Å². The van der Waals surface area contributed by atoms with Crippen LogP contribution < -0.4 is 0 Å². The summed E-state index contributed by atoms with van der Waals surface area (Å²) in [6, 6.07) is 0. The monoisotopic (exact) mass is 714 g/mol. The van der Waals surface area contributed by atoms with Gasteiger partial charge in [-0.05, 0) is 41.5 Å². The molecule has 0 aromatic heterocycles. The third-order valence-corrected chi connectivity index (χ3v) is 21.0. The van der Waals surface area contributed by atoms with E-state index in [1.54, 1.807) is 0 Å². The fourth-order valence-corrected chi connectivity index (χ4v) is 21.2. The van der Waals surface area contributed by atoms with E-state index in [0.29, 0.717) is 0 Å². The number of hydrogen-bond acceptors (Lipinski definition) is 3. The van der Waals surface area contributed by atoms with Gasteiger partial charge in [-0.1, -0.05) is 0 Å². The fourth-order valence-electron chi connectivity index (χ4n) is 3.72. The predicted octanol–water partition coefficient (Wildman–Crippen LogP) is 7.57. The van der Waals surface area contributed by atoms with Gasteiger partial charge in [0.05, 0.1) is 0 Å². The maximum atomic E-state index is 15.4. The van der Waals surface area contributed by atoms with Crippen LogP contribution in [0.25, 0.3) is 0 Å². The van der Waals surface area contributed by atoms with E-state index in [2.05, 4.69) is 12.3 Å². The Morgan fingerprint density at radius 1 is 0.310 bits per heavy atom. The smallest absolute Gasteiger partial charge is 0.401 e. The Labute approximate surface area is 229 Å². The first-order valence-electron chi connectivity index (χ1n) is 11.5. The quantitative estimate of drug-likeness (QED) is 0.154. The average Bonchev–Trinajstić information content (AvgIpc) is 2.81. The van der Waals surface area contributed by atoms with E-state index in [0.717, 1.165) is 0 Å². The summed E-state index contributed by atoms with van der Waals surface area (Å²) in [7, 11) is -27.5. The Hall–Kier alpha value is -0.729. The Morgan fingerprint density at radius 2 is 0.405 bits per heavy atom. The van der Waals surface area contributed by atoms with Crippen LogP contribution in [0.3, 0.4) is 0 Å². The van der Waals surface area contributed by atoms with Crippen LogP contribution in [0.15, 0.2) is 0 Å². The summed E-state index contributed by atoms with van der Waals surface area (Å²) in [5, 5.41) is 0. The average molecular weight is 715 g/mol. The second-order valence-corrected chi connectivity index (χ2v) is 19.7. The van der Waals surface area contributed by atoms with Crippen molar-refractivity contribution < 1.29 is 91.4 Å². The summed E-state index contributed by atoms with van der Waals surface area (Å²) < 4.78 is 281. The van der Waals surface area contributed by atoms with Gasteiger partial charge in [0.15, 0.2) is 37.0 Å². The maximum absolute atomic E-state index is 15.4. The summed E-state index contributed by atoms with van der Waals surface area (Å²) in [4.78, 5) is 0. The Morgan fingerprint density at radius 3 is 0.476 bits per heavy atom. The molecule has 0 aromatic carbocycles. The molecule has 6 atom stereocenters. The zero-order valence-electron chi connectivity index (χ0n) is 22.0. The van der Waals surface area contributed by atoms with Gasteiger partial charge in [-0.15, -0.1) is 0 Å². The lowest BCUT2D eigenvalue weighted by Crippen LogP contribution is -2.95. The van der Waals surface area contributed by atoms with Crippen LogP contribution in [0.5, 0.6) is 0 Å². The summed E-state index contributed by atoms with van der Waals surface area (Å²) in [6.45, 7) is -3.08. The first kappa shape index (κ1) is 39.3. The molecule has 3 nitrogen and oxygen atoms in total. The van der Waals surface area contributed by atoms with E-state index < -0.39 is 138 Å². The number of halogens is 18. The topological polar surface area (TPSA) is 27.7 Å². The van der Waals surface area contributed by atoms with Crippen molar-refractivity contribution in [1.29, 1.82) is 0 Å². The minimum absolute atomic E-state index is 0.514. The van der Waals surface area contributed by atoms with Crippen LogP contribution >= 0.6 is 0 Å². The number of alkyl halides is 18. The van der Waals surface area contributed by atoms with Gasteiger partial charge in [0.1, 0.15) is 0 Å². The molecule has 0 saturated carbocycles. The molecule has 1 saturated heterocycles. The van der Waals surface area contributed by atoms with Gasteiger partial charge >= 0.3 is 59.0 Å². The van der Waals surface area contributed by atoms with Gasteiger partial charge in [0, 0.05) is 0 Å². The molecule has 0 spiro atoms. The summed E-state index contributed by atoms with van der Waals surface area (Å²) in [5.41, 5.74) is -39.8. The van der Waals surface area contributed by atoms with Crippen molar-refractivity contribution in [2.24, 2.45) is 0 Å². The lowest BCUT2D eigenvalue weighted by molar-refractivity contribution is -0.160. The minimum Gasteiger partial charge on any atom is -0.401 e. The van der Waals surface area contributed by atoms with Crippen molar-refractivity contribution in [2.45, 2.75) is 112 Å². The van der Waals surface area contributed by atoms with Crippen molar-refractivity contribution in [1.82, 2.24) is 0 Å². The molecule has 0 N–H and O–H groups in total. The molecule has 0 bridgehead atoms. The molecule has 0 radical (unpaired) electrons. The molecule has 0 aliphatic carbocycles. The third kappa shape index (κ3) is 5.00. The zero-order chi connectivity index (χ0) is 34.1. The Balaban J connectivity index is 4.95. The lowest BCUT2D eigenvalue weighted by atomic mass is 10.4. The van der Waals surface area contributed by atoms with Gasteiger partial charge in [0.25, 0.3) is 0 Å². The Bertz CT molecular complexity index is 768. The first-order chi connectivity index (χ1) is 18.3. The SMILES string of the molecule is CC(F)C(F)(F)[Si]1(C(F)(F)C(C)F)O[Si](C(F)(F)C(C)F)(C(F)(F)C(C)F)O[Si](C(F)(F)C(C)F)(C(F)(F)C(C)F)O1. The van der Waals surface area contributed by atoms with E-state index in [4.69, 9.17) is 0 Å².